The average molecular weight is 259 g/mol. The lowest BCUT2D eigenvalue weighted by molar-refractivity contribution is -0.123. The number of nitrogens with one attached hydrogen (secondary N) is 2. The summed E-state index contributed by atoms with van der Waals surface area (Å²) in [6.07, 6.45) is 1.33. The predicted molar refractivity (Wildman–Crippen MR) is 65.9 cm³/mol. The van der Waals surface area contributed by atoms with Crippen LogP contribution in [0.2, 0.25) is 0 Å². The first-order chi connectivity index (χ1) is 8.65. The maximum Gasteiger partial charge on any atom is 0.407 e. The molecular weight excluding hydrogens is 238 g/mol. The molecule has 7 heteroatoms. The Bertz CT molecular complexity index is 271. The van der Waals surface area contributed by atoms with Crippen molar-refractivity contribution in [3.63, 3.8) is 0 Å². The van der Waals surface area contributed by atoms with Gasteiger partial charge in [0.15, 0.2) is 0 Å². The number of hydrogen-bond donors (Lipinski definition) is 3. The third kappa shape index (κ3) is 7.61. The van der Waals surface area contributed by atoms with Gasteiger partial charge in [0, 0.05) is 13.0 Å². The minimum atomic E-state index is -0.731. The Morgan fingerprint density at radius 3 is 2.72 bits per heavy atom. The monoisotopic (exact) mass is 259 g/mol. The molecule has 0 fully saturated rings. The number of alkyl carbamates (subject to hydrolysis) is 1. The lowest BCUT2D eigenvalue weighted by atomic mass is 10.2. The van der Waals surface area contributed by atoms with E-state index >= 15 is 0 Å². The Balaban J connectivity index is 4.14. The Morgan fingerprint density at radius 2 is 2.17 bits per heavy atom. The third-order valence-electron chi connectivity index (χ3n) is 2.06. The maximum atomic E-state index is 11.7. The maximum absolute atomic E-state index is 11.7. The van der Waals surface area contributed by atoms with Gasteiger partial charge < -0.3 is 25.9 Å². The Kier molecular flexibility index (Phi) is 9.57. The van der Waals surface area contributed by atoms with Crippen LogP contribution in [0.15, 0.2) is 0 Å². The van der Waals surface area contributed by atoms with Gasteiger partial charge in [-0.05, 0) is 19.4 Å². The first-order valence-corrected chi connectivity index (χ1v) is 6.00. The fourth-order valence-electron chi connectivity index (χ4n) is 1.19. The lowest BCUT2D eigenvalue weighted by Crippen LogP contribution is -2.48. The Labute approximate surface area is 106 Å². The molecule has 1 unspecified atom stereocenters. The van der Waals surface area contributed by atoms with Crippen molar-refractivity contribution in [1.82, 2.24) is 10.6 Å². The van der Waals surface area contributed by atoms with Crippen LogP contribution in [0, 0.1) is 0 Å². The van der Waals surface area contributed by atoms with Crippen molar-refractivity contribution in [1.29, 1.82) is 0 Å². The molecule has 0 rings (SSSR count). The van der Waals surface area contributed by atoms with E-state index in [2.05, 4.69) is 10.6 Å². The standard InChI is InChI=1S/C11H21N3O4/c1-2-8-18-11(17)14-9(4-5-12)10(16)13-6-3-7-15/h7,9H,2-6,8,12H2,1H3,(H,13,16)(H,14,17). The molecule has 0 aliphatic rings. The minimum Gasteiger partial charge on any atom is -0.450 e. The molecule has 7 nitrogen and oxygen atoms in total. The molecule has 0 aliphatic heterocycles. The van der Waals surface area contributed by atoms with Gasteiger partial charge in [0.05, 0.1) is 6.61 Å². The molecule has 0 aromatic carbocycles. The van der Waals surface area contributed by atoms with Crippen LogP contribution in [-0.4, -0.2) is 44.0 Å². The minimum absolute atomic E-state index is 0.237. The molecule has 2 amide bonds. The van der Waals surface area contributed by atoms with E-state index in [9.17, 15) is 14.4 Å². The molecule has 104 valence electrons. The molecule has 0 heterocycles. The van der Waals surface area contributed by atoms with Gasteiger partial charge in [0.25, 0.3) is 0 Å². The number of amides is 2. The van der Waals surface area contributed by atoms with Crippen LogP contribution in [-0.2, 0) is 14.3 Å². The van der Waals surface area contributed by atoms with E-state index < -0.39 is 12.1 Å². The summed E-state index contributed by atoms with van der Waals surface area (Å²) >= 11 is 0. The second-order valence-corrected chi connectivity index (χ2v) is 3.66. The molecule has 0 aromatic rings. The summed E-state index contributed by atoms with van der Waals surface area (Å²) < 4.78 is 4.82. The number of carbonyl (C=O) groups excluding carboxylic acids is 3. The van der Waals surface area contributed by atoms with Crippen LogP contribution in [0.1, 0.15) is 26.2 Å². The topological polar surface area (TPSA) is 111 Å². The molecule has 4 N–H and O–H groups in total. The number of ether oxygens (including phenoxy) is 1. The second kappa shape index (κ2) is 10.5. The molecule has 1 atom stereocenters. The van der Waals surface area contributed by atoms with Gasteiger partial charge in [0.2, 0.25) is 5.91 Å². The first-order valence-electron chi connectivity index (χ1n) is 6.00. The lowest BCUT2D eigenvalue weighted by Gasteiger charge is -2.17. The fourth-order valence-corrected chi connectivity index (χ4v) is 1.19. The molecule has 0 saturated carbocycles. The zero-order valence-electron chi connectivity index (χ0n) is 10.6. The molecule has 0 aliphatic carbocycles. The van der Waals surface area contributed by atoms with Gasteiger partial charge in [-0.2, -0.15) is 0 Å². The van der Waals surface area contributed by atoms with Crippen molar-refractivity contribution < 1.29 is 19.1 Å². The summed E-state index contributed by atoms with van der Waals surface area (Å²) in [5.74, 6) is -0.365. The quantitative estimate of drug-likeness (QED) is 0.383. The largest absolute Gasteiger partial charge is 0.450 e. The summed E-state index contributed by atoms with van der Waals surface area (Å²) in [6, 6.07) is -0.731. The van der Waals surface area contributed by atoms with Crippen LogP contribution in [0.5, 0.6) is 0 Å². The van der Waals surface area contributed by atoms with E-state index in [1.54, 1.807) is 0 Å². The molecule has 0 bridgehead atoms. The molecular formula is C11H21N3O4. The number of rotatable bonds is 9. The number of hydrogen-bond acceptors (Lipinski definition) is 5. The Morgan fingerprint density at radius 1 is 1.44 bits per heavy atom. The van der Waals surface area contributed by atoms with Crippen LogP contribution >= 0.6 is 0 Å². The van der Waals surface area contributed by atoms with E-state index in [0.717, 1.165) is 0 Å². The predicted octanol–water partition coefficient (Wildman–Crippen LogP) is -0.455. The number of aldehydes is 1. The average Bonchev–Trinajstić information content (AvgIpc) is 2.36. The third-order valence-corrected chi connectivity index (χ3v) is 2.06. The van der Waals surface area contributed by atoms with Gasteiger partial charge in [-0.1, -0.05) is 6.92 Å². The second-order valence-electron chi connectivity index (χ2n) is 3.66. The zero-order valence-corrected chi connectivity index (χ0v) is 10.6. The van der Waals surface area contributed by atoms with Crippen molar-refractivity contribution in [3.05, 3.63) is 0 Å². The van der Waals surface area contributed by atoms with Crippen molar-refractivity contribution in [2.75, 3.05) is 19.7 Å². The van der Waals surface area contributed by atoms with Crippen LogP contribution in [0.25, 0.3) is 0 Å². The van der Waals surface area contributed by atoms with Gasteiger partial charge >= 0.3 is 6.09 Å². The smallest absolute Gasteiger partial charge is 0.407 e. The highest BCUT2D eigenvalue weighted by Gasteiger charge is 2.19. The Hall–Kier alpha value is -1.63. The van der Waals surface area contributed by atoms with E-state index in [1.807, 2.05) is 6.92 Å². The molecule has 0 spiro atoms. The highest BCUT2D eigenvalue weighted by atomic mass is 16.5. The summed E-state index contributed by atoms with van der Waals surface area (Å²) in [4.78, 5) is 33.1. The van der Waals surface area contributed by atoms with Crippen molar-refractivity contribution in [2.24, 2.45) is 5.73 Å². The van der Waals surface area contributed by atoms with Crippen LogP contribution in [0.4, 0.5) is 4.79 Å². The van der Waals surface area contributed by atoms with Crippen molar-refractivity contribution in [3.8, 4) is 0 Å². The summed E-state index contributed by atoms with van der Waals surface area (Å²) in [6.45, 7) is 2.68. The molecule has 0 aromatic heterocycles. The van der Waals surface area contributed by atoms with E-state index in [-0.39, 0.29) is 25.4 Å². The van der Waals surface area contributed by atoms with Crippen molar-refractivity contribution >= 4 is 18.3 Å². The summed E-state index contributed by atoms with van der Waals surface area (Å²) in [7, 11) is 0. The van der Waals surface area contributed by atoms with Gasteiger partial charge in [0.1, 0.15) is 12.3 Å². The highest BCUT2D eigenvalue weighted by molar-refractivity contribution is 5.85. The molecule has 0 saturated heterocycles. The van der Waals surface area contributed by atoms with Crippen LogP contribution in [0.3, 0.4) is 0 Å². The summed E-state index contributed by atoms with van der Waals surface area (Å²) in [5, 5.41) is 4.97. The van der Waals surface area contributed by atoms with E-state index in [4.69, 9.17) is 10.5 Å². The van der Waals surface area contributed by atoms with Gasteiger partial charge in [-0.3, -0.25) is 4.79 Å². The molecule has 0 radical (unpaired) electrons. The van der Waals surface area contributed by atoms with Crippen LogP contribution < -0.4 is 16.4 Å². The van der Waals surface area contributed by atoms with Gasteiger partial charge in [-0.15, -0.1) is 0 Å². The first kappa shape index (κ1) is 16.4. The van der Waals surface area contributed by atoms with E-state index in [1.165, 1.54) is 0 Å². The normalized spacial score (nSPS) is 11.4. The summed E-state index contributed by atoms with van der Waals surface area (Å²) in [5.41, 5.74) is 5.37. The molecule has 18 heavy (non-hydrogen) atoms. The fraction of sp³-hybridized carbons (Fsp3) is 0.727. The van der Waals surface area contributed by atoms with Gasteiger partial charge in [-0.25, -0.2) is 4.79 Å². The highest BCUT2D eigenvalue weighted by Crippen LogP contribution is 1.93. The zero-order chi connectivity index (χ0) is 13.8. The number of carbonyl (C=O) groups is 3. The SMILES string of the molecule is CCCOC(=O)NC(CCN)C(=O)NCCC=O. The number of nitrogens with two attached hydrogens (primary N) is 1. The van der Waals surface area contributed by atoms with Crippen molar-refractivity contribution in [2.45, 2.75) is 32.2 Å². The van der Waals surface area contributed by atoms with E-state index in [0.29, 0.717) is 25.7 Å².